The monoisotopic (exact) mass is 197 g/mol. The highest BCUT2D eigenvalue weighted by Gasteiger charge is 2.52. The fraction of sp³-hybridized carbons (Fsp3) is 0.909. The second kappa shape index (κ2) is 2.50. The Morgan fingerprint density at radius 1 is 1.23 bits per heavy atom. The molecule has 0 aromatic heterocycles. The van der Waals surface area contributed by atoms with Crippen molar-refractivity contribution in [3.05, 3.63) is 0 Å². The number of hydrogen-bond acceptors (Lipinski definition) is 1. The molecule has 4 aliphatic carbocycles. The molecule has 72 valence electrons. The fourth-order valence-corrected chi connectivity index (χ4v) is 4.62. The normalized spacial score (nSPS) is 52.8. The van der Waals surface area contributed by atoms with Gasteiger partial charge in [0.15, 0.2) is 0 Å². The van der Waals surface area contributed by atoms with Crippen molar-refractivity contribution in [1.29, 1.82) is 0 Å². The predicted octanol–water partition coefficient (Wildman–Crippen LogP) is 2.87. The van der Waals surface area contributed by atoms with E-state index in [-0.39, 0.29) is 4.87 Å². The molecular formula is C11H16ClN. The predicted molar refractivity (Wildman–Crippen MR) is 55.5 cm³/mol. The summed E-state index contributed by atoms with van der Waals surface area (Å²) in [5, 5.41) is 0. The van der Waals surface area contributed by atoms with Gasteiger partial charge in [-0.1, -0.05) is 0 Å². The van der Waals surface area contributed by atoms with Crippen molar-refractivity contribution in [2.45, 2.75) is 37.0 Å². The van der Waals surface area contributed by atoms with Gasteiger partial charge in [0, 0.05) is 17.6 Å². The first-order chi connectivity index (χ1) is 6.20. The second-order valence-corrected chi connectivity index (χ2v) is 5.94. The zero-order valence-electron chi connectivity index (χ0n) is 8.09. The molecule has 0 N–H and O–H groups in total. The maximum Gasteiger partial charge on any atom is 0.0462 e. The molecule has 0 aromatic carbocycles. The van der Waals surface area contributed by atoms with Crippen molar-refractivity contribution in [2.75, 3.05) is 7.05 Å². The minimum atomic E-state index is 0.171. The highest BCUT2D eigenvalue weighted by atomic mass is 35.5. The summed E-state index contributed by atoms with van der Waals surface area (Å²) in [7, 11) is 1.96. The van der Waals surface area contributed by atoms with E-state index in [1.165, 1.54) is 37.8 Å². The van der Waals surface area contributed by atoms with Crippen molar-refractivity contribution in [3.8, 4) is 0 Å². The molecule has 1 nitrogen and oxygen atoms in total. The lowest BCUT2D eigenvalue weighted by atomic mass is 9.55. The van der Waals surface area contributed by atoms with Crippen molar-refractivity contribution >= 4 is 17.3 Å². The van der Waals surface area contributed by atoms with Crippen LogP contribution in [0.2, 0.25) is 0 Å². The molecule has 0 aliphatic heterocycles. The molecule has 0 radical (unpaired) electrons. The average Bonchev–Trinajstić information content (AvgIpc) is 2.00. The van der Waals surface area contributed by atoms with Crippen LogP contribution in [0.1, 0.15) is 32.1 Å². The molecule has 2 heteroatoms. The van der Waals surface area contributed by atoms with Crippen LogP contribution < -0.4 is 0 Å². The van der Waals surface area contributed by atoms with Crippen LogP contribution in [-0.2, 0) is 0 Å². The molecule has 0 aromatic rings. The summed E-state index contributed by atoms with van der Waals surface area (Å²) in [4.78, 5) is 4.65. The molecule has 0 saturated heterocycles. The molecule has 0 spiro atoms. The number of alkyl halides is 1. The molecule has 0 amide bonds. The van der Waals surface area contributed by atoms with E-state index in [2.05, 4.69) is 4.99 Å². The first kappa shape index (κ1) is 8.28. The Hall–Kier alpha value is -0.0400. The maximum absolute atomic E-state index is 6.60. The van der Waals surface area contributed by atoms with E-state index >= 15 is 0 Å². The van der Waals surface area contributed by atoms with Crippen LogP contribution in [0.4, 0.5) is 0 Å². The Labute approximate surface area is 84.6 Å². The van der Waals surface area contributed by atoms with Gasteiger partial charge in [-0.25, -0.2) is 0 Å². The zero-order chi connectivity index (χ0) is 9.05. The summed E-state index contributed by atoms with van der Waals surface area (Å²) >= 11 is 6.60. The van der Waals surface area contributed by atoms with E-state index in [1.807, 2.05) is 7.05 Å². The highest BCUT2D eigenvalue weighted by Crippen LogP contribution is 2.57. The molecule has 2 unspecified atom stereocenters. The zero-order valence-corrected chi connectivity index (χ0v) is 8.85. The molecule has 13 heavy (non-hydrogen) atoms. The molecule has 0 heterocycles. The Balaban J connectivity index is 1.98. The lowest BCUT2D eigenvalue weighted by molar-refractivity contribution is 0.127. The molecule has 2 atom stereocenters. The van der Waals surface area contributed by atoms with Gasteiger partial charge in [0.25, 0.3) is 0 Å². The van der Waals surface area contributed by atoms with E-state index in [0.29, 0.717) is 0 Å². The molecule has 4 bridgehead atoms. The Morgan fingerprint density at radius 3 is 2.31 bits per heavy atom. The van der Waals surface area contributed by atoms with Crippen molar-refractivity contribution in [2.24, 2.45) is 22.7 Å². The van der Waals surface area contributed by atoms with Gasteiger partial charge in [0.1, 0.15) is 0 Å². The summed E-state index contributed by atoms with van der Waals surface area (Å²) in [5.41, 5.74) is 1.49. The van der Waals surface area contributed by atoms with Crippen LogP contribution in [0.5, 0.6) is 0 Å². The van der Waals surface area contributed by atoms with Gasteiger partial charge < -0.3 is 0 Å². The number of halogens is 1. The summed E-state index contributed by atoms with van der Waals surface area (Å²) in [6.07, 6.45) is 6.43. The molecule has 4 saturated carbocycles. The van der Waals surface area contributed by atoms with Crippen LogP contribution in [-0.4, -0.2) is 17.6 Å². The fourth-order valence-electron chi connectivity index (χ4n) is 4.03. The minimum absolute atomic E-state index is 0.171. The van der Waals surface area contributed by atoms with Crippen LogP contribution in [0.3, 0.4) is 0 Å². The lowest BCUT2D eigenvalue weighted by Gasteiger charge is -2.54. The quantitative estimate of drug-likeness (QED) is 0.530. The Bertz CT molecular complexity index is 253. The van der Waals surface area contributed by atoms with Crippen molar-refractivity contribution in [1.82, 2.24) is 0 Å². The second-order valence-electron chi connectivity index (χ2n) is 5.14. The Morgan fingerprint density at radius 2 is 1.85 bits per heavy atom. The van der Waals surface area contributed by atoms with Crippen LogP contribution in [0, 0.1) is 17.8 Å². The van der Waals surface area contributed by atoms with Crippen molar-refractivity contribution < 1.29 is 0 Å². The molecule has 4 rings (SSSR count). The topological polar surface area (TPSA) is 12.4 Å². The minimum Gasteiger partial charge on any atom is -0.297 e. The van der Waals surface area contributed by atoms with Crippen LogP contribution in [0.15, 0.2) is 4.99 Å². The van der Waals surface area contributed by atoms with E-state index < -0.39 is 0 Å². The summed E-state index contributed by atoms with van der Waals surface area (Å²) in [5.74, 6) is 2.41. The van der Waals surface area contributed by atoms with E-state index in [4.69, 9.17) is 11.6 Å². The lowest BCUT2D eigenvalue weighted by Crippen LogP contribution is -2.52. The largest absolute Gasteiger partial charge is 0.297 e. The third kappa shape index (κ3) is 1.09. The first-order valence-electron chi connectivity index (χ1n) is 5.36. The first-order valence-corrected chi connectivity index (χ1v) is 5.73. The van der Waals surface area contributed by atoms with Gasteiger partial charge in [-0.15, -0.1) is 11.6 Å². The summed E-state index contributed by atoms with van der Waals surface area (Å²) in [6, 6.07) is 0. The van der Waals surface area contributed by atoms with Gasteiger partial charge in [0.05, 0.1) is 0 Å². The number of rotatable bonds is 0. The van der Waals surface area contributed by atoms with E-state index in [1.54, 1.807) is 0 Å². The molecule has 4 fully saturated rings. The number of hydrogen-bond donors (Lipinski definition) is 0. The number of nitrogens with zero attached hydrogens (tertiary/aromatic N) is 1. The maximum atomic E-state index is 6.60. The molecule has 4 aliphatic rings. The standard InChI is InChI=1S/C11H16ClN/c1-13-10-8-2-7-3-9(10)6-11(12,4-7)5-8/h7-9H,2-6H2,1H3. The summed E-state index contributed by atoms with van der Waals surface area (Å²) in [6.45, 7) is 0. The van der Waals surface area contributed by atoms with Crippen LogP contribution in [0.25, 0.3) is 0 Å². The smallest absolute Gasteiger partial charge is 0.0462 e. The van der Waals surface area contributed by atoms with Gasteiger partial charge in [-0.2, -0.15) is 0 Å². The van der Waals surface area contributed by atoms with Crippen molar-refractivity contribution in [3.63, 3.8) is 0 Å². The SMILES string of the molecule is CN=C1C2CC3CC1CC(Cl)(C3)C2. The van der Waals surface area contributed by atoms with E-state index in [0.717, 1.165) is 17.8 Å². The van der Waals surface area contributed by atoms with Crippen LogP contribution >= 0.6 is 11.6 Å². The van der Waals surface area contributed by atoms with Gasteiger partial charge in [0.2, 0.25) is 0 Å². The number of aliphatic imine (C=N–C) groups is 1. The third-order valence-electron chi connectivity index (χ3n) is 4.21. The van der Waals surface area contributed by atoms with Gasteiger partial charge in [-0.3, -0.25) is 4.99 Å². The van der Waals surface area contributed by atoms with Gasteiger partial charge in [-0.05, 0) is 49.9 Å². The van der Waals surface area contributed by atoms with E-state index in [9.17, 15) is 0 Å². The Kier molecular flexibility index (Phi) is 1.59. The summed E-state index contributed by atoms with van der Waals surface area (Å²) < 4.78 is 0. The average molecular weight is 198 g/mol. The molecular weight excluding hydrogens is 182 g/mol. The van der Waals surface area contributed by atoms with Gasteiger partial charge >= 0.3 is 0 Å². The highest BCUT2D eigenvalue weighted by molar-refractivity contribution is 6.24. The third-order valence-corrected chi connectivity index (χ3v) is 4.67.